The fourth-order valence-electron chi connectivity index (χ4n) is 2.07. The zero-order valence-electron chi connectivity index (χ0n) is 10.1. The highest BCUT2D eigenvalue weighted by molar-refractivity contribution is 7.99. The number of hydrogen-bond acceptors (Lipinski definition) is 3. The van der Waals surface area contributed by atoms with Gasteiger partial charge in [0.1, 0.15) is 11.4 Å². The molecule has 1 unspecified atom stereocenters. The van der Waals surface area contributed by atoms with E-state index in [9.17, 15) is 14.3 Å². The van der Waals surface area contributed by atoms with Crippen LogP contribution < -0.4 is 5.32 Å². The summed E-state index contributed by atoms with van der Waals surface area (Å²) in [6, 6.07) is 6.24. The first-order valence-electron chi connectivity index (χ1n) is 5.89. The summed E-state index contributed by atoms with van der Waals surface area (Å²) in [6.07, 6.45) is 1.88. The van der Waals surface area contributed by atoms with Gasteiger partial charge in [-0.25, -0.2) is 4.39 Å². The monoisotopic (exact) mass is 269 g/mol. The number of thioether (sulfide) groups is 1. The van der Waals surface area contributed by atoms with Crippen LogP contribution in [0.5, 0.6) is 0 Å². The molecular formula is C13H16FNO2S. The number of benzene rings is 1. The Morgan fingerprint density at radius 3 is 2.83 bits per heavy atom. The molecule has 1 aromatic rings. The molecule has 1 saturated carbocycles. The van der Waals surface area contributed by atoms with Crippen molar-refractivity contribution in [1.29, 1.82) is 0 Å². The maximum Gasteiger partial charge on any atom is 0.325 e. The van der Waals surface area contributed by atoms with E-state index in [0.29, 0.717) is 5.75 Å². The number of rotatable bonds is 6. The van der Waals surface area contributed by atoms with Crippen molar-refractivity contribution >= 4 is 17.7 Å². The van der Waals surface area contributed by atoms with Crippen LogP contribution in [0.15, 0.2) is 29.2 Å². The summed E-state index contributed by atoms with van der Waals surface area (Å²) < 4.78 is 13.1. The molecule has 0 amide bonds. The quantitative estimate of drug-likeness (QED) is 0.778. The van der Waals surface area contributed by atoms with Crippen LogP contribution in [0, 0.1) is 11.7 Å². The van der Waals surface area contributed by atoms with Gasteiger partial charge in [0.15, 0.2) is 0 Å². The van der Waals surface area contributed by atoms with Crippen LogP contribution in [0.3, 0.4) is 0 Å². The van der Waals surface area contributed by atoms with E-state index in [1.165, 1.54) is 23.9 Å². The van der Waals surface area contributed by atoms with Crippen molar-refractivity contribution in [2.45, 2.75) is 23.3 Å². The largest absolute Gasteiger partial charge is 0.480 e. The van der Waals surface area contributed by atoms with Crippen LogP contribution in [-0.2, 0) is 4.79 Å². The van der Waals surface area contributed by atoms with Gasteiger partial charge < -0.3 is 10.4 Å². The van der Waals surface area contributed by atoms with E-state index >= 15 is 0 Å². The summed E-state index contributed by atoms with van der Waals surface area (Å²) in [5.41, 5.74) is -0.892. The van der Waals surface area contributed by atoms with Crippen LogP contribution in [0.2, 0.25) is 0 Å². The van der Waals surface area contributed by atoms with E-state index in [0.717, 1.165) is 17.7 Å². The predicted octanol–water partition coefficient (Wildman–Crippen LogP) is 2.37. The Morgan fingerprint density at radius 2 is 2.33 bits per heavy atom. The van der Waals surface area contributed by atoms with Crippen molar-refractivity contribution in [3.63, 3.8) is 0 Å². The lowest BCUT2D eigenvalue weighted by atomic mass is 9.96. The second-order valence-electron chi connectivity index (χ2n) is 4.55. The molecule has 1 aliphatic rings. The number of halogens is 1. The molecule has 0 bridgehead atoms. The lowest BCUT2D eigenvalue weighted by Gasteiger charge is -2.28. The molecule has 1 aromatic carbocycles. The molecular weight excluding hydrogens is 253 g/mol. The fourth-order valence-corrected chi connectivity index (χ4v) is 3.34. The number of carbonyl (C=O) groups is 1. The Labute approximate surface area is 110 Å². The molecule has 0 saturated heterocycles. The minimum atomic E-state index is -0.892. The third-order valence-corrected chi connectivity index (χ3v) is 4.55. The maximum atomic E-state index is 13.1. The number of nitrogens with one attached hydrogen (secondary N) is 1. The summed E-state index contributed by atoms with van der Waals surface area (Å²) in [6.45, 7) is 0. The molecule has 5 heteroatoms. The van der Waals surface area contributed by atoms with E-state index in [-0.39, 0.29) is 11.7 Å². The Kier molecular flexibility index (Phi) is 3.92. The minimum Gasteiger partial charge on any atom is -0.480 e. The van der Waals surface area contributed by atoms with Crippen molar-refractivity contribution in [3.8, 4) is 0 Å². The smallest absolute Gasteiger partial charge is 0.325 e. The first kappa shape index (κ1) is 13.4. The highest BCUT2D eigenvalue weighted by Crippen LogP contribution is 2.42. The van der Waals surface area contributed by atoms with Gasteiger partial charge in [0.2, 0.25) is 0 Å². The topological polar surface area (TPSA) is 49.3 Å². The Balaban J connectivity index is 2.08. The zero-order chi connectivity index (χ0) is 13.2. The normalized spacial score (nSPS) is 18.3. The van der Waals surface area contributed by atoms with E-state index < -0.39 is 11.5 Å². The maximum absolute atomic E-state index is 13.1. The summed E-state index contributed by atoms with van der Waals surface area (Å²) in [5, 5.41) is 12.4. The van der Waals surface area contributed by atoms with Crippen LogP contribution in [0.4, 0.5) is 4.39 Å². The second kappa shape index (κ2) is 5.28. The average Bonchev–Trinajstić information content (AvgIpc) is 3.15. The number of hydrogen-bond donors (Lipinski definition) is 2. The predicted molar refractivity (Wildman–Crippen MR) is 69.3 cm³/mol. The van der Waals surface area contributed by atoms with Crippen LogP contribution >= 0.6 is 11.8 Å². The Hall–Kier alpha value is -1.07. The highest BCUT2D eigenvalue weighted by atomic mass is 32.2. The van der Waals surface area contributed by atoms with Crippen molar-refractivity contribution in [2.24, 2.45) is 5.92 Å². The summed E-state index contributed by atoms with van der Waals surface area (Å²) >= 11 is 1.38. The molecule has 2 N–H and O–H groups in total. The van der Waals surface area contributed by atoms with Gasteiger partial charge in [0.05, 0.1) is 0 Å². The van der Waals surface area contributed by atoms with Crippen molar-refractivity contribution in [3.05, 3.63) is 30.1 Å². The minimum absolute atomic E-state index is 0.182. The molecule has 0 spiro atoms. The molecule has 3 nitrogen and oxygen atoms in total. The highest BCUT2D eigenvalue weighted by Gasteiger charge is 2.50. The third-order valence-electron chi connectivity index (χ3n) is 3.36. The molecule has 0 aromatic heterocycles. The van der Waals surface area contributed by atoms with Gasteiger partial charge in [-0.2, -0.15) is 0 Å². The molecule has 1 atom stereocenters. The third kappa shape index (κ3) is 2.67. The lowest BCUT2D eigenvalue weighted by molar-refractivity contribution is -0.144. The Bertz CT molecular complexity index is 450. The van der Waals surface area contributed by atoms with Crippen LogP contribution in [0.25, 0.3) is 0 Å². The van der Waals surface area contributed by atoms with Crippen molar-refractivity contribution < 1.29 is 14.3 Å². The average molecular weight is 269 g/mol. The molecule has 1 fully saturated rings. The van der Waals surface area contributed by atoms with Crippen LogP contribution in [0.1, 0.15) is 12.8 Å². The number of carboxylic acids is 1. The van der Waals surface area contributed by atoms with Gasteiger partial charge >= 0.3 is 5.97 Å². The Morgan fingerprint density at radius 1 is 1.61 bits per heavy atom. The first-order valence-corrected chi connectivity index (χ1v) is 6.88. The lowest BCUT2D eigenvalue weighted by Crippen LogP contribution is -2.54. The summed E-state index contributed by atoms with van der Waals surface area (Å²) in [4.78, 5) is 12.2. The molecule has 0 radical (unpaired) electrons. The second-order valence-corrected chi connectivity index (χ2v) is 5.60. The van der Waals surface area contributed by atoms with Gasteiger partial charge in [-0.1, -0.05) is 6.07 Å². The van der Waals surface area contributed by atoms with Crippen molar-refractivity contribution in [2.75, 3.05) is 12.8 Å². The number of likely N-dealkylation sites (N-methyl/N-ethyl adjacent to an activating group) is 1. The van der Waals surface area contributed by atoms with Gasteiger partial charge in [-0.15, -0.1) is 11.8 Å². The van der Waals surface area contributed by atoms with Gasteiger partial charge in [0.25, 0.3) is 0 Å². The van der Waals surface area contributed by atoms with E-state index in [1.807, 2.05) is 0 Å². The van der Waals surface area contributed by atoms with Crippen molar-refractivity contribution in [1.82, 2.24) is 5.32 Å². The fraction of sp³-hybridized carbons (Fsp3) is 0.462. The molecule has 1 aliphatic carbocycles. The molecule has 98 valence electrons. The van der Waals surface area contributed by atoms with Gasteiger partial charge in [-0.3, -0.25) is 4.79 Å². The number of aliphatic carboxylic acids is 1. The van der Waals surface area contributed by atoms with Gasteiger partial charge in [-0.05, 0) is 44.0 Å². The number of carboxylic acid groups (broad SMARTS) is 1. The molecule has 18 heavy (non-hydrogen) atoms. The SMILES string of the molecule is CNC(CSc1cccc(F)c1)(C(=O)O)C1CC1. The summed E-state index contributed by atoms with van der Waals surface area (Å²) in [5.74, 6) is -0.526. The van der Waals surface area contributed by atoms with Crippen LogP contribution in [-0.4, -0.2) is 29.4 Å². The first-order chi connectivity index (χ1) is 8.58. The molecule has 2 rings (SSSR count). The van der Waals surface area contributed by atoms with E-state index in [2.05, 4.69) is 5.32 Å². The van der Waals surface area contributed by atoms with E-state index in [1.54, 1.807) is 19.2 Å². The standard InChI is InChI=1S/C13H16FNO2S/c1-15-13(12(16)17,9-5-6-9)8-18-11-4-2-3-10(14)7-11/h2-4,7,9,15H,5-6,8H2,1H3,(H,16,17). The zero-order valence-corrected chi connectivity index (χ0v) is 11.0. The molecule has 0 aliphatic heterocycles. The van der Waals surface area contributed by atoms with E-state index in [4.69, 9.17) is 0 Å². The molecule has 0 heterocycles. The summed E-state index contributed by atoms with van der Waals surface area (Å²) in [7, 11) is 1.68. The van der Waals surface area contributed by atoms with Gasteiger partial charge in [0, 0.05) is 10.6 Å².